The first-order chi connectivity index (χ1) is 9.02. The van der Waals surface area contributed by atoms with Crippen molar-refractivity contribution in [2.75, 3.05) is 6.61 Å². The van der Waals surface area contributed by atoms with Crippen LogP contribution in [0.15, 0.2) is 17.5 Å². The van der Waals surface area contributed by atoms with Gasteiger partial charge < -0.3 is 20.8 Å². The second-order valence-corrected chi connectivity index (χ2v) is 5.24. The SMILES string of the molecule is CC(Cc1cccs1)NC(=O)N[C@H](CCO)C(=O)O. The van der Waals surface area contributed by atoms with Gasteiger partial charge in [-0.1, -0.05) is 6.07 Å². The number of carboxylic acids is 1. The molecule has 7 heteroatoms. The van der Waals surface area contributed by atoms with Crippen LogP contribution in [0.2, 0.25) is 0 Å². The van der Waals surface area contributed by atoms with Crippen molar-refractivity contribution in [1.82, 2.24) is 10.6 Å². The normalized spacial score (nSPS) is 13.6. The molecule has 0 bridgehead atoms. The van der Waals surface area contributed by atoms with Crippen LogP contribution in [0.1, 0.15) is 18.2 Å². The third-order valence-electron chi connectivity index (χ3n) is 2.49. The Morgan fingerprint density at radius 2 is 2.16 bits per heavy atom. The molecule has 0 spiro atoms. The number of carbonyl (C=O) groups is 2. The number of aliphatic carboxylic acids is 1. The van der Waals surface area contributed by atoms with E-state index in [4.69, 9.17) is 10.2 Å². The fourth-order valence-electron chi connectivity index (χ4n) is 1.59. The van der Waals surface area contributed by atoms with Gasteiger partial charge in [0, 0.05) is 30.4 Å². The number of thiophene rings is 1. The molecule has 6 nitrogen and oxygen atoms in total. The number of hydrogen-bond donors (Lipinski definition) is 4. The molecule has 1 heterocycles. The fourth-order valence-corrected chi connectivity index (χ4v) is 2.43. The summed E-state index contributed by atoms with van der Waals surface area (Å²) in [6, 6.07) is 2.22. The van der Waals surface area contributed by atoms with Crippen molar-refractivity contribution in [2.24, 2.45) is 0 Å². The van der Waals surface area contributed by atoms with Gasteiger partial charge in [-0.3, -0.25) is 0 Å². The molecule has 0 aliphatic heterocycles. The van der Waals surface area contributed by atoms with E-state index in [1.165, 1.54) is 0 Å². The molecule has 0 aromatic carbocycles. The number of nitrogens with one attached hydrogen (secondary N) is 2. The number of urea groups is 1. The Morgan fingerprint density at radius 3 is 2.68 bits per heavy atom. The molecule has 1 rings (SSSR count). The molecule has 0 fully saturated rings. The van der Waals surface area contributed by atoms with Crippen LogP contribution >= 0.6 is 11.3 Å². The minimum atomic E-state index is -1.16. The minimum absolute atomic E-state index is 0.0118. The van der Waals surface area contributed by atoms with E-state index in [1.54, 1.807) is 11.3 Å². The van der Waals surface area contributed by atoms with Crippen LogP contribution < -0.4 is 10.6 Å². The average molecular weight is 286 g/mol. The van der Waals surface area contributed by atoms with Crippen molar-refractivity contribution in [3.05, 3.63) is 22.4 Å². The molecule has 0 saturated carbocycles. The number of aliphatic hydroxyl groups is 1. The fraction of sp³-hybridized carbons (Fsp3) is 0.500. The van der Waals surface area contributed by atoms with Crippen LogP contribution in [0.5, 0.6) is 0 Å². The van der Waals surface area contributed by atoms with Crippen molar-refractivity contribution in [1.29, 1.82) is 0 Å². The number of aliphatic hydroxyl groups excluding tert-OH is 1. The molecule has 0 saturated heterocycles. The summed E-state index contributed by atoms with van der Waals surface area (Å²) in [6.07, 6.45) is 0.685. The van der Waals surface area contributed by atoms with Gasteiger partial charge in [0.15, 0.2) is 0 Å². The highest BCUT2D eigenvalue weighted by atomic mass is 32.1. The van der Waals surface area contributed by atoms with Gasteiger partial charge in [-0.05, 0) is 18.4 Å². The third kappa shape index (κ3) is 5.71. The molecule has 0 aliphatic rings. The molecule has 2 atom stereocenters. The maximum Gasteiger partial charge on any atom is 0.326 e. The Hall–Kier alpha value is -1.60. The molecule has 106 valence electrons. The summed E-state index contributed by atoms with van der Waals surface area (Å²) in [4.78, 5) is 23.6. The lowest BCUT2D eigenvalue weighted by molar-refractivity contribution is -0.139. The molecule has 1 aromatic rings. The zero-order chi connectivity index (χ0) is 14.3. The van der Waals surface area contributed by atoms with E-state index in [9.17, 15) is 9.59 Å². The standard InChI is InChI=1S/C12H18N2O4S/c1-8(7-9-3-2-6-19-9)13-12(18)14-10(4-5-15)11(16)17/h2-3,6,8,10,15H,4-5,7H2,1H3,(H,16,17)(H2,13,14,18)/t8?,10-/m1/s1. The first-order valence-electron chi connectivity index (χ1n) is 5.96. The Morgan fingerprint density at radius 1 is 1.42 bits per heavy atom. The molecule has 2 amide bonds. The quantitative estimate of drug-likeness (QED) is 0.596. The molecular weight excluding hydrogens is 268 g/mol. The highest BCUT2D eigenvalue weighted by Crippen LogP contribution is 2.10. The first kappa shape index (κ1) is 15.5. The highest BCUT2D eigenvalue weighted by Gasteiger charge is 2.19. The molecular formula is C12H18N2O4S. The summed E-state index contributed by atoms with van der Waals surface area (Å²) in [5.41, 5.74) is 0. The van der Waals surface area contributed by atoms with Crippen molar-refractivity contribution < 1.29 is 19.8 Å². The van der Waals surface area contributed by atoms with E-state index in [-0.39, 0.29) is 19.1 Å². The third-order valence-corrected chi connectivity index (χ3v) is 3.38. The smallest absolute Gasteiger partial charge is 0.326 e. The van der Waals surface area contributed by atoms with Gasteiger partial charge in [-0.2, -0.15) is 0 Å². The van der Waals surface area contributed by atoms with Crippen LogP contribution in [0.4, 0.5) is 4.79 Å². The van der Waals surface area contributed by atoms with E-state index < -0.39 is 18.0 Å². The molecule has 0 radical (unpaired) electrons. The van der Waals surface area contributed by atoms with E-state index in [0.717, 1.165) is 4.88 Å². The Balaban J connectivity index is 2.38. The summed E-state index contributed by atoms with van der Waals surface area (Å²) in [5.74, 6) is -1.16. The summed E-state index contributed by atoms with van der Waals surface area (Å²) in [7, 11) is 0. The van der Waals surface area contributed by atoms with Crippen molar-refractivity contribution in [2.45, 2.75) is 31.8 Å². The Labute approximate surface area is 115 Å². The predicted octanol–water partition coefficient (Wildman–Crippen LogP) is 0.814. The second-order valence-electron chi connectivity index (χ2n) is 4.21. The van der Waals surface area contributed by atoms with Gasteiger partial charge in [0.05, 0.1) is 0 Å². The Bertz CT molecular complexity index is 408. The maximum atomic E-state index is 11.6. The predicted molar refractivity (Wildman–Crippen MR) is 72.3 cm³/mol. The lowest BCUT2D eigenvalue weighted by Crippen LogP contribution is -2.49. The average Bonchev–Trinajstić information content (AvgIpc) is 2.80. The van der Waals surface area contributed by atoms with Gasteiger partial charge in [0.25, 0.3) is 0 Å². The van der Waals surface area contributed by atoms with E-state index in [1.807, 2.05) is 24.4 Å². The highest BCUT2D eigenvalue weighted by molar-refractivity contribution is 7.09. The summed E-state index contributed by atoms with van der Waals surface area (Å²) in [6.45, 7) is 1.56. The minimum Gasteiger partial charge on any atom is -0.480 e. The maximum absolute atomic E-state index is 11.6. The molecule has 1 unspecified atom stereocenters. The van der Waals surface area contributed by atoms with Gasteiger partial charge in [-0.25, -0.2) is 9.59 Å². The van der Waals surface area contributed by atoms with Crippen molar-refractivity contribution in [3.63, 3.8) is 0 Å². The molecule has 19 heavy (non-hydrogen) atoms. The first-order valence-corrected chi connectivity index (χ1v) is 6.84. The van der Waals surface area contributed by atoms with Crippen LogP contribution in [-0.4, -0.2) is 40.9 Å². The monoisotopic (exact) mass is 286 g/mol. The molecule has 0 aliphatic carbocycles. The van der Waals surface area contributed by atoms with Crippen LogP contribution in [-0.2, 0) is 11.2 Å². The van der Waals surface area contributed by atoms with Crippen LogP contribution in [0.3, 0.4) is 0 Å². The van der Waals surface area contributed by atoms with Crippen molar-refractivity contribution in [3.8, 4) is 0 Å². The van der Waals surface area contributed by atoms with Gasteiger partial charge in [0.2, 0.25) is 0 Å². The number of carboxylic acid groups (broad SMARTS) is 1. The van der Waals surface area contributed by atoms with Gasteiger partial charge in [0.1, 0.15) is 6.04 Å². The second kappa shape index (κ2) is 7.75. The zero-order valence-electron chi connectivity index (χ0n) is 10.6. The van der Waals surface area contributed by atoms with Crippen LogP contribution in [0, 0.1) is 0 Å². The van der Waals surface area contributed by atoms with Crippen molar-refractivity contribution >= 4 is 23.3 Å². The van der Waals surface area contributed by atoms with Gasteiger partial charge >= 0.3 is 12.0 Å². The molecule has 4 N–H and O–H groups in total. The zero-order valence-corrected chi connectivity index (χ0v) is 11.4. The lowest BCUT2D eigenvalue weighted by Gasteiger charge is -2.17. The van der Waals surface area contributed by atoms with Crippen LogP contribution in [0.25, 0.3) is 0 Å². The number of rotatable bonds is 7. The van der Waals surface area contributed by atoms with E-state index in [0.29, 0.717) is 6.42 Å². The topological polar surface area (TPSA) is 98.7 Å². The number of amides is 2. The van der Waals surface area contributed by atoms with E-state index in [2.05, 4.69) is 10.6 Å². The number of carbonyl (C=O) groups excluding carboxylic acids is 1. The molecule has 1 aromatic heterocycles. The number of hydrogen-bond acceptors (Lipinski definition) is 4. The van der Waals surface area contributed by atoms with E-state index >= 15 is 0 Å². The summed E-state index contributed by atoms with van der Waals surface area (Å²) < 4.78 is 0. The lowest BCUT2D eigenvalue weighted by atomic mass is 10.2. The largest absolute Gasteiger partial charge is 0.480 e. The Kier molecular flexibility index (Phi) is 6.31. The summed E-state index contributed by atoms with van der Waals surface area (Å²) in [5, 5.41) is 24.5. The summed E-state index contributed by atoms with van der Waals surface area (Å²) >= 11 is 1.61. The van der Waals surface area contributed by atoms with Gasteiger partial charge in [-0.15, -0.1) is 11.3 Å².